The molecule has 0 saturated carbocycles. The van der Waals surface area contributed by atoms with E-state index in [1.807, 2.05) is 59.5 Å². The summed E-state index contributed by atoms with van der Waals surface area (Å²) in [4.78, 5) is 47.2. The van der Waals surface area contributed by atoms with Crippen LogP contribution < -0.4 is 19.7 Å². The van der Waals surface area contributed by atoms with Gasteiger partial charge in [-0.15, -0.1) is 4.99 Å². The van der Waals surface area contributed by atoms with Gasteiger partial charge < -0.3 is 34.0 Å². The predicted octanol–water partition coefficient (Wildman–Crippen LogP) is 9.98. The third kappa shape index (κ3) is 18.0. The molecule has 3 amide bonds. The average molecular weight is 815 g/mol. The highest BCUT2D eigenvalue weighted by atomic mass is 16.6. The molecular weight excluding hydrogens is 753 g/mol. The molecule has 3 aromatic rings. The zero-order chi connectivity index (χ0) is 43.8. The third-order valence-electron chi connectivity index (χ3n) is 7.90. The van der Waals surface area contributed by atoms with Gasteiger partial charge in [-0.2, -0.15) is 0 Å². The Balaban J connectivity index is 1.79. The highest BCUT2D eigenvalue weighted by Gasteiger charge is 2.31. The number of amidine groups is 1. The maximum Gasteiger partial charge on any atom is 0.437 e. The smallest absolute Gasteiger partial charge is 0.437 e. The first kappa shape index (κ1) is 47.5. The lowest BCUT2D eigenvalue weighted by Gasteiger charge is -2.34. The summed E-state index contributed by atoms with van der Waals surface area (Å²) in [5.41, 5.74) is 0.128. The Kier molecular flexibility index (Phi) is 17.5. The molecule has 0 aliphatic heterocycles. The Bertz CT molecular complexity index is 1880. The number of anilines is 1. The van der Waals surface area contributed by atoms with E-state index in [0.717, 1.165) is 5.56 Å². The van der Waals surface area contributed by atoms with Gasteiger partial charge in [0.2, 0.25) is 5.96 Å². The van der Waals surface area contributed by atoms with Gasteiger partial charge in [0.05, 0.1) is 13.2 Å². The zero-order valence-corrected chi connectivity index (χ0v) is 36.3. The zero-order valence-electron chi connectivity index (χ0n) is 36.3. The number of amides is 3. The lowest BCUT2D eigenvalue weighted by Crippen LogP contribution is -2.50. The van der Waals surface area contributed by atoms with E-state index >= 15 is 0 Å². The van der Waals surface area contributed by atoms with Crippen LogP contribution in [0, 0.1) is 10.8 Å². The SMILES string of the molecule is CC(=N)c1ccc(OCCCCN(C(=O)OC(C)(C)C)C(=NC(=O)OC(C)(C)C)N(CCCCOc2ccc(C(=N)NC(=O)OC(C)(C)C)cc2)c2ccccc2)cc1. The fourth-order valence-electron chi connectivity index (χ4n) is 5.30. The van der Waals surface area contributed by atoms with Crippen LogP contribution in [-0.2, 0) is 14.2 Å². The first-order valence-corrected chi connectivity index (χ1v) is 19.9. The van der Waals surface area contributed by atoms with Crippen molar-refractivity contribution in [3.63, 3.8) is 0 Å². The van der Waals surface area contributed by atoms with E-state index in [0.29, 0.717) is 73.9 Å². The van der Waals surface area contributed by atoms with Gasteiger partial charge in [0.25, 0.3) is 0 Å². The molecule has 3 aromatic carbocycles. The number of unbranched alkanes of at least 4 members (excludes halogenated alkanes) is 2. The number of ether oxygens (including phenoxy) is 5. The van der Waals surface area contributed by atoms with Crippen molar-refractivity contribution in [1.29, 1.82) is 10.8 Å². The molecule has 14 nitrogen and oxygen atoms in total. The topological polar surface area (TPSA) is 176 Å². The van der Waals surface area contributed by atoms with Crippen LogP contribution in [0.25, 0.3) is 0 Å². The molecular formula is C45H62N6O8. The van der Waals surface area contributed by atoms with Gasteiger partial charge in [-0.3, -0.25) is 10.7 Å². The molecule has 0 aliphatic rings. The Morgan fingerprint density at radius 1 is 0.627 bits per heavy atom. The third-order valence-corrected chi connectivity index (χ3v) is 7.90. The number of alkyl carbamates (subject to hydrolysis) is 1. The van der Waals surface area contributed by atoms with E-state index in [-0.39, 0.29) is 18.3 Å². The van der Waals surface area contributed by atoms with Crippen LogP contribution in [0.15, 0.2) is 83.9 Å². The summed E-state index contributed by atoms with van der Waals surface area (Å²) in [5.74, 6) is 1.24. The number of benzene rings is 3. The van der Waals surface area contributed by atoms with Crippen LogP contribution >= 0.6 is 0 Å². The summed E-state index contributed by atoms with van der Waals surface area (Å²) in [6.45, 7) is 18.8. The molecule has 0 aliphatic carbocycles. The van der Waals surface area contributed by atoms with E-state index in [4.69, 9.17) is 34.5 Å². The largest absolute Gasteiger partial charge is 0.494 e. The molecule has 3 N–H and O–H groups in total. The van der Waals surface area contributed by atoms with Crippen LogP contribution in [0.1, 0.15) is 106 Å². The number of hydrogen-bond donors (Lipinski definition) is 3. The Morgan fingerprint density at radius 3 is 1.61 bits per heavy atom. The highest BCUT2D eigenvalue weighted by molar-refractivity contribution is 6.07. The van der Waals surface area contributed by atoms with Crippen molar-refractivity contribution in [2.24, 2.45) is 4.99 Å². The van der Waals surface area contributed by atoms with Gasteiger partial charge in [-0.1, -0.05) is 18.2 Å². The van der Waals surface area contributed by atoms with Crippen molar-refractivity contribution in [3.8, 4) is 11.5 Å². The molecule has 0 saturated heterocycles. The number of hydrogen-bond acceptors (Lipinski definition) is 10. The Morgan fingerprint density at radius 2 is 1.12 bits per heavy atom. The molecule has 0 spiro atoms. The minimum absolute atomic E-state index is 0.0668. The Labute approximate surface area is 349 Å². The second-order valence-electron chi connectivity index (χ2n) is 16.8. The summed E-state index contributed by atoms with van der Waals surface area (Å²) < 4.78 is 28.7. The minimum atomic E-state index is -0.852. The molecule has 0 radical (unpaired) electrons. The number of nitrogens with one attached hydrogen (secondary N) is 3. The molecule has 3 rings (SSSR count). The van der Waals surface area contributed by atoms with E-state index in [1.54, 1.807) is 93.5 Å². The number of aliphatic imine (C=N–C) groups is 1. The number of nitrogens with zero attached hydrogens (tertiary/aromatic N) is 3. The van der Waals surface area contributed by atoms with Crippen molar-refractivity contribution in [1.82, 2.24) is 10.2 Å². The summed E-state index contributed by atoms with van der Waals surface area (Å²) in [7, 11) is 0. The monoisotopic (exact) mass is 814 g/mol. The maximum atomic E-state index is 14.0. The number of carbonyl (C=O) groups excluding carboxylic acids is 3. The summed E-state index contributed by atoms with van der Waals surface area (Å²) >= 11 is 0. The minimum Gasteiger partial charge on any atom is -0.494 e. The van der Waals surface area contributed by atoms with Crippen LogP contribution in [0.5, 0.6) is 11.5 Å². The van der Waals surface area contributed by atoms with E-state index < -0.39 is 35.1 Å². The van der Waals surface area contributed by atoms with Gasteiger partial charge in [0.15, 0.2) is 0 Å². The van der Waals surface area contributed by atoms with Crippen LogP contribution in [-0.4, -0.2) is 83.8 Å². The number of guanidine groups is 1. The molecule has 0 heterocycles. The van der Waals surface area contributed by atoms with Crippen LogP contribution in [0.3, 0.4) is 0 Å². The molecule has 59 heavy (non-hydrogen) atoms. The van der Waals surface area contributed by atoms with E-state index in [1.165, 1.54) is 4.90 Å². The summed E-state index contributed by atoms with van der Waals surface area (Å²) in [6, 6.07) is 23.5. The van der Waals surface area contributed by atoms with Gasteiger partial charge >= 0.3 is 18.3 Å². The van der Waals surface area contributed by atoms with Crippen LogP contribution in [0.2, 0.25) is 0 Å². The normalized spacial score (nSPS) is 11.9. The molecule has 0 bridgehead atoms. The molecule has 320 valence electrons. The van der Waals surface area contributed by atoms with Gasteiger partial charge in [0.1, 0.15) is 34.1 Å². The van der Waals surface area contributed by atoms with Crippen molar-refractivity contribution >= 4 is 41.5 Å². The lowest BCUT2D eigenvalue weighted by atomic mass is 10.1. The number of para-hydroxylation sites is 1. The predicted molar refractivity (Wildman–Crippen MR) is 231 cm³/mol. The molecule has 0 aromatic heterocycles. The van der Waals surface area contributed by atoms with Crippen molar-refractivity contribution in [2.75, 3.05) is 31.2 Å². The van der Waals surface area contributed by atoms with Crippen molar-refractivity contribution in [2.45, 2.75) is 112 Å². The average Bonchev–Trinajstić information content (AvgIpc) is 3.12. The number of carbonyl (C=O) groups is 3. The van der Waals surface area contributed by atoms with Gasteiger partial charge in [0, 0.05) is 30.1 Å². The molecule has 14 heteroatoms. The highest BCUT2D eigenvalue weighted by Crippen LogP contribution is 2.22. The van der Waals surface area contributed by atoms with Crippen molar-refractivity contribution in [3.05, 3.63) is 90.0 Å². The Hall–Kier alpha value is -5.92. The number of rotatable bonds is 15. The summed E-state index contributed by atoms with van der Waals surface area (Å²) in [6.07, 6.45) is 0.0348. The molecule has 0 atom stereocenters. The van der Waals surface area contributed by atoms with Gasteiger partial charge in [-0.25, -0.2) is 19.3 Å². The first-order chi connectivity index (χ1) is 27.6. The summed E-state index contributed by atoms with van der Waals surface area (Å²) in [5, 5.41) is 18.5. The van der Waals surface area contributed by atoms with E-state index in [9.17, 15) is 14.4 Å². The fourth-order valence-corrected chi connectivity index (χ4v) is 5.30. The molecule has 0 fully saturated rings. The fraction of sp³-hybridized carbons (Fsp3) is 0.467. The molecule has 0 unspecified atom stereocenters. The van der Waals surface area contributed by atoms with Crippen LogP contribution in [0.4, 0.5) is 20.1 Å². The maximum absolute atomic E-state index is 14.0. The lowest BCUT2D eigenvalue weighted by molar-refractivity contribution is 0.0361. The quantitative estimate of drug-likeness (QED) is 0.0583. The first-order valence-electron chi connectivity index (χ1n) is 19.9. The second-order valence-corrected chi connectivity index (χ2v) is 16.8. The van der Waals surface area contributed by atoms with Crippen molar-refractivity contribution < 1.29 is 38.1 Å². The van der Waals surface area contributed by atoms with Gasteiger partial charge in [-0.05, 0) is 161 Å². The second kappa shape index (κ2) is 21.7. The van der Waals surface area contributed by atoms with E-state index in [2.05, 4.69) is 10.3 Å². The standard InChI is InChI=1S/C45H62N6O8/c1-32(46)33-20-24-36(25-21-33)55-31-17-15-29-51(42(54)59-45(8,9)10)39(49-41(53)58-44(5,6)7)50(35-18-12-11-13-19-35)28-14-16-30-56-37-26-22-34(23-27-37)38(47)48-40(52)57-43(2,3)4/h11-13,18-27,46H,14-17,28-31H2,1-10H3,(H2,47,48,52).